The summed E-state index contributed by atoms with van der Waals surface area (Å²) < 4.78 is 18.9. The van der Waals surface area contributed by atoms with Crippen LogP contribution in [-0.4, -0.2) is 23.9 Å². The lowest BCUT2D eigenvalue weighted by molar-refractivity contribution is -0.132. The lowest BCUT2D eigenvalue weighted by atomic mass is 9.89. The number of rotatable bonds is 13. The van der Waals surface area contributed by atoms with Gasteiger partial charge in [-0.3, -0.25) is 4.79 Å². The highest BCUT2D eigenvalue weighted by Gasteiger charge is 2.43. The van der Waals surface area contributed by atoms with E-state index in [9.17, 15) is 4.79 Å². The summed E-state index contributed by atoms with van der Waals surface area (Å²) in [6.07, 6.45) is 0. The minimum atomic E-state index is -0.412. The molecule has 2 unspecified atom stereocenters. The molecule has 5 nitrogen and oxygen atoms in total. The predicted molar refractivity (Wildman–Crippen MR) is 184 cm³/mol. The van der Waals surface area contributed by atoms with Crippen molar-refractivity contribution in [3.05, 3.63) is 155 Å². The van der Waals surface area contributed by atoms with Gasteiger partial charge in [0.2, 0.25) is 5.91 Å². The van der Waals surface area contributed by atoms with Gasteiger partial charge in [0.1, 0.15) is 37.1 Å². The molecule has 1 aliphatic rings. The average Bonchev–Trinajstić information content (AvgIpc) is 3.50. The minimum Gasteiger partial charge on any atom is -0.489 e. The highest BCUT2D eigenvalue weighted by Crippen LogP contribution is 2.59. The molecule has 1 aliphatic heterocycles. The molecule has 46 heavy (non-hydrogen) atoms. The van der Waals surface area contributed by atoms with Crippen LogP contribution < -0.4 is 14.2 Å². The molecule has 2 atom stereocenters. The van der Waals surface area contributed by atoms with Gasteiger partial charge in [-0.15, -0.1) is 11.8 Å². The number of hydrogen-bond donors (Lipinski definition) is 0. The molecular weight excluding hydrogens is 591 g/mol. The second kappa shape index (κ2) is 15.1. The second-order valence-corrected chi connectivity index (χ2v) is 12.4. The molecule has 0 aromatic heterocycles. The number of fused-ring (bicyclic) bond motifs is 1. The van der Waals surface area contributed by atoms with E-state index in [1.54, 1.807) is 11.8 Å². The summed E-state index contributed by atoms with van der Waals surface area (Å²) in [6.45, 7) is 6.69. The van der Waals surface area contributed by atoms with Crippen molar-refractivity contribution in [2.75, 3.05) is 13.1 Å². The highest BCUT2D eigenvalue weighted by molar-refractivity contribution is 8.00. The number of ether oxygens (including phenoxy) is 3. The summed E-state index contributed by atoms with van der Waals surface area (Å²) in [5.74, 6) is 1.89. The van der Waals surface area contributed by atoms with Crippen molar-refractivity contribution in [2.24, 2.45) is 0 Å². The molecule has 5 aromatic rings. The number of amides is 1. The van der Waals surface area contributed by atoms with E-state index in [4.69, 9.17) is 14.2 Å². The minimum absolute atomic E-state index is 0.105. The molecule has 0 aliphatic carbocycles. The first-order valence-electron chi connectivity index (χ1n) is 15.9. The predicted octanol–water partition coefficient (Wildman–Crippen LogP) is 9.22. The van der Waals surface area contributed by atoms with Gasteiger partial charge in [0.25, 0.3) is 0 Å². The second-order valence-electron chi connectivity index (χ2n) is 11.3. The largest absolute Gasteiger partial charge is 0.489 e. The van der Waals surface area contributed by atoms with Crippen molar-refractivity contribution in [3.63, 3.8) is 0 Å². The van der Waals surface area contributed by atoms with Crippen molar-refractivity contribution >= 4 is 17.7 Å². The van der Waals surface area contributed by atoms with Gasteiger partial charge in [0.15, 0.2) is 0 Å². The third-order valence-corrected chi connectivity index (χ3v) is 9.62. The SMILES string of the molecule is CCN(CC)C(=O)C1c2c(OCc3ccccc3)cc(OCc3ccccc3)cc2SC1c1ccc(OCc2ccccc2)cc1. The fourth-order valence-electron chi connectivity index (χ4n) is 5.76. The zero-order valence-corrected chi connectivity index (χ0v) is 27.1. The number of carbonyl (C=O) groups excluding carboxylic acids is 1. The molecule has 234 valence electrons. The average molecular weight is 630 g/mol. The molecule has 0 fully saturated rings. The molecule has 0 saturated heterocycles. The van der Waals surface area contributed by atoms with Crippen LogP contribution in [-0.2, 0) is 24.6 Å². The molecule has 0 bridgehead atoms. The number of hydrogen-bond acceptors (Lipinski definition) is 5. The number of benzene rings is 5. The van der Waals surface area contributed by atoms with Crippen LogP contribution in [0.1, 0.15) is 52.8 Å². The molecule has 6 rings (SSSR count). The first kappa shape index (κ1) is 31.3. The lowest BCUT2D eigenvalue weighted by Crippen LogP contribution is -2.35. The third kappa shape index (κ3) is 7.40. The van der Waals surface area contributed by atoms with Crippen molar-refractivity contribution in [3.8, 4) is 17.2 Å². The van der Waals surface area contributed by atoms with E-state index in [-0.39, 0.29) is 11.2 Å². The van der Waals surface area contributed by atoms with Crippen LogP contribution in [0.4, 0.5) is 0 Å². The Bertz CT molecular complexity index is 1710. The molecule has 0 saturated carbocycles. The third-order valence-electron chi connectivity index (χ3n) is 8.23. The Morgan fingerprint density at radius 1 is 0.630 bits per heavy atom. The van der Waals surface area contributed by atoms with Gasteiger partial charge in [0, 0.05) is 29.6 Å². The number of thioether (sulfide) groups is 1. The smallest absolute Gasteiger partial charge is 0.231 e. The molecule has 6 heteroatoms. The Morgan fingerprint density at radius 2 is 1.13 bits per heavy atom. The summed E-state index contributed by atoms with van der Waals surface area (Å²) in [7, 11) is 0. The van der Waals surface area contributed by atoms with Gasteiger partial charge in [-0.1, -0.05) is 103 Å². The van der Waals surface area contributed by atoms with E-state index in [1.807, 2.05) is 104 Å². The van der Waals surface area contributed by atoms with E-state index < -0.39 is 5.92 Å². The maximum atomic E-state index is 14.3. The van der Waals surface area contributed by atoms with Crippen molar-refractivity contribution < 1.29 is 19.0 Å². The first-order valence-corrected chi connectivity index (χ1v) is 16.7. The van der Waals surface area contributed by atoms with Gasteiger partial charge >= 0.3 is 0 Å². The van der Waals surface area contributed by atoms with Gasteiger partial charge in [-0.2, -0.15) is 0 Å². The summed E-state index contributed by atoms with van der Waals surface area (Å²) in [5.41, 5.74) is 5.27. The summed E-state index contributed by atoms with van der Waals surface area (Å²) >= 11 is 1.70. The Balaban J connectivity index is 1.33. The fraction of sp³-hybridized carbons (Fsp3) is 0.225. The molecule has 0 radical (unpaired) electrons. The standard InChI is InChI=1S/C40H39NO4S/c1-3-41(4-2)40(42)38-37-35(45-28-31-18-12-7-13-19-31)24-34(44-27-30-16-10-6-11-17-30)25-36(37)46-39(38)32-20-22-33(23-21-32)43-26-29-14-8-5-9-15-29/h5-25,38-39H,3-4,26-28H2,1-2H3. The van der Waals surface area contributed by atoms with Crippen molar-refractivity contribution in [1.82, 2.24) is 4.90 Å². The summed E-state index contributed by atoms with van der Waals surface area (Å²) in [6, 6.07) is 42.6. The normalized spacial score (nSPS) is 15.2. The lowest BCUT2D eigenvalue weighted by Gasteiger charge is -2.27. The van der Waals surface area contributed by atoms with Gasteiger partial charge in [0.05, 0.1) is 11.2 Å². The number of nitrogens with zero attached hydrogens (tertiary/aromatic N) is 1. The molecule has 1 heterocycles. The molecule has 5 aromatic carbocycles. The van der Waals surface area contributed by atoms with E-state index in [1.165, 1.54) is 0 Å². The van der Waals surface area contributed by atoms with Crippen LogP contribution in [0.2, 0.25) is 0 Å². The number of likely N-dealkylation sites (N-methyl/N-ethyl adjacent to an activating group) is 1. The van der Waals surface area contributed by atoms with Gasteiger partial charge < -0.3 is 19.1 Å². The van der Waals surface area contributed by atoms with Crippen LogP contribution in [0.5, 0.6) is 17.2 Å². The molecule has 0 N–H and O–H groups in total. The van der Waals surface area contributed by atoms with E-state index in [0.29, 0.717) is 38.7 Å². The van der Waals surface area contributed by atoms with Crippen LogP contribution in [0.3, 0.4) is 0 Å². The fourth-order valence-corrected chi connectivity index (χ4v) is 7.25. The van der Waals surface area contributed by atoms with E-state index in [0.717, 1.165) is 44.2 Å². The monoisotopic (exact) mass is 629 g/mol. The van der Waals surface area contributed by atoms with E-state index >= 15 is 0 Å². The summed E-state index contributed by atoms with van der Waals surface area (Å²) in [5, 5.41) is -0.130. The van der Waals surface area contributed by atoms with Gasteiger partial charge in [-0.25, -0.2) is 0 Å². The molecule has 0 spiro atoms. The quantitative estimate of drug-likeness (QED) is 0.130. The Kier molecular flexibility index (Phi) is 10.3. The van der Waals surface area contributed by atoms with Gasteiger partial charge in [-0.05, 0) is 54.3 Å². The van der Waals surface area contributed by atoms with Crippen LogP contribution in [0, 0.1) is 0 Å². The zero-order valence-electron chi connectivity index (χ0n) is 26.3. The van der Waals surface area contributed by atoms with E-state index in [2.05, 4.69) is 42.5 Å². The molecular formula is C40H39NO4S. The first-order chi connectivity index (χ1) is 22.6. The Labute approximate surface area is 276 Å². The summed E-state index contributed by atoms with van der Waals surface area (Å²) in [4.78, 5) is 17.2. The van der Waals surface area contributed by atoms with Crippen LogP contribution >= 0.6 is 11.8 Å². The maximum absolute atomic E-state index is 14.3. The Morgan fingerprint density at radius 3 is 1.65 bits per heavy atom. The maximum Gasteiger partial charge on any atom is 0.231 e. The van der Waals surface area contributed by atoms with Crippen LogP contribution in [0.25, 0.3) is 0 Å². The molecule has 1 amide bonds. The van der Waals surface area contributed by atoms with Crippen molar-refractivity contribution in [2.45, 2.75) is 49.7 Å². The topological polar surface area (TPSA) is 48.0 Å². The zero-order chi connectivity index (χ0) is 31.7. The Hall–Kier alpha value is -4.68. The van der Waals surface area contributed by atoms with Crippen molar-refractivity contribution in [1.29, 1.82) is 0 Å². The van der Waals surface area contributed by atoms with Crippen LogP contribution in [0.15, 0.2) is 132 Å². The number of carbonyl (C=O) groups is 1. The highest BCUT2D eigenvalue weighted by atomic mass is 32.2.